The number of hydrogen-bond acceptors (Lipinski definition) is 0. The van der Waals surface area contributed by atoms with Gasteiger partial charge in [0.2, 0.25) is 0 Å². The summed E-state index contributed by atoms with van der Waals surface area (Å²) in [4.78, 5) is 0. The summed E-state index contributed by atoms with van der Waals surface area (Å²) in [5.41, 5.74) is 0. The molecule has 0 aliphatic heterocycles. The third kappa shape index (κ3) is 14.1. The van der Waals surface area contributed by atoms with Crippen molar-refractivity contribution >= 4 is 0 Å². The Bertz CT molecular complexity index is 139. The Balaban J connectivity index is 2.98. The highest BCUT2D eigenvalue weighted by molar-refractivity contribution is 4.60. The van der Waals surface area contributed by atoms with Gasteiger partial charge in [-0.15, -0.1) is 0 Å². The minimum absolute atomic E-state index is 0.716. The molecule has 18 heavy (non-hydrogen) atoms. The lowest BCUT2D eigenvalue weighted by molar-refractivity contribution is 0.482. The second kappa shape index (κ2) is 15.1. The number of rotatable bonds is 14. The van der Waals surface area contributed by atoms with Gasteiger partial charge in [0.1, 0.15) is 0 Å². The molecular weight excluding hydrogens is 216 g/mol. The summed E-state index contributed by atoms with van der Waals surface area (Å²) >= 11 is 0. The van der Waals surface area contributed by atoms with Crippen LogP contribution in [0.5, 0.6) is 0 Å². The van der Waals surface area contributed by atoms with E-state index in [4.69, 9.17) is 0 Å². The fourth-order valence-electron chi connectivity index (χ4n) is 2.65. The molecule has 0 N–H and O–H groups in total. The van der Waals surface area contributed by atoms with Crippen LogP contribution >= 0.6 is 0 Å². The molecule has 0 aliphatic carbocycles. The Kier molecular flexibility index (Phi) is 15.1. The molecule has 0 heterocycles. The Morgan fingerprint density at radius 3 is 1.44 bits per heavy atom. The highest BCUT2D eigenvalue weighted by atomic mass is 14.1. The van der Waals surface area contributed by atoms with Crippen LogP contribution in [0.4, 0.5) is 0 Å². The molecule has 0 bridgehead atoms. The van der Waals surface area contributed by atoms with E-state index in [1.807, 2.05) is 0 Å². The fraction of sp³-hybridized carbons (Fsp3) is 0.944. The van der Waals surface area contributed by atoms with E-state index in [1.165, 1.54) is 89.9 Å². The maximum absolute atomic E-state index is 4.21. The van der Waals surface area contributed by atoms with Crippen molar-refractivity contribution in [3.05, 3.63) is 6.92 Å². The lowest BCUT2D eigenvalue weighted by Gasteiger charge is -2.08. The smallest absolute Gasteiger partial charge is 0.0414 e. The average Bonchev–Trinajstić information content (AvgIpc) is 2.36. The normalized spacial score (nSPS) is 12.8. The second-order valence-electron chi connectivity index (χ2n) is 5.98. The first-order valence-electron chi connectivity index (χ1n) is 8.64. The molecule has 0 rings (SSSR count). The Morgan fingerprint density at radius 1 is 0.556 bits per heavy atom. The van der Waals surface area contributed by atoms with E-state index >= 15 is 0 Å². The minimum atomic E-state index is 0.716. The van der Waals surface area contributed by atoms with Gasteiger partial charge in [-0.1, -0.05) is 111 Å². The summed E-state index contributed by atoms with van der Waals surface area (Å²) in [6.45, 7) is 8.76. The lowest BCUT2D eigenvalue weighted by Crippen LogP contribution is -1.94. The van der Waals surface area contributed by atoms with Crippen molar-refractivity contribution in [1.29, 1.82) is 0 Å². The first-order chi connectivity index (χ1) is 8.81. The van der Waals surface area contributed by atoms with E-state index in [0.29, 0.717) is 5.92 Å². The third-order valence-electron chi connectivity index (χ3n) is 3.91. The molecule has 0 saturated carbocycles. The van der Waals surface area contributed by atoms with Gasteiger partial charge in [0, 0.05) is 0 Å². The first kappa shape index (κ1) is 18.0. The van der Waals surface area contributed by atoms with Gasteiger partial charge in [0.15, 0.2) is 0 Å². The van der Waals surface area contributed by atoms with Gasteiger partial charge in [-0.05, 0) is 5.92 Å². The molecule has 1 radical (unpaired) electrons. The molecule has 0 nitrogen and oxygen atoms in total. The molecule has 0 aromatic rings. The van der Waals surface area contributed by atoms with Crippen LogP contribution in [0.15, 0.2) is 0 Å². The molecule has 0 spiro atoms. The Morgan fingerprint density at radius 2 is 1.00 bits per heavy atom. The molecule has 0 aromatic heterocycles. The zero-order chi connectivity index (χ0) is 13.5. The summed E-state index contributed by atoms with van der Waals surface area (Å²) < 4.78 is 0. The fourth-order valence-corrected chi connectivity index (χ4v) is 2.65. The van der Waals surface area contributed by atoms with Crippen molar-refractivity contribution in [3.63, 3.8) is 0 Å². The van der Waals surface area contributed by atoms with Crippen LogP contribution in [-0.2, 0) is 0 Å². The van der Waals surface area contributed by atoms with E-state index in [0.717, 1.165) is 0 Å². The SMILES string of the molecule is [CH2]C(CCC)CCCCCCCCCCCCC. The molecule has 0 aromatic carbocycles. The van der Waals surface area contributed by atoms with Crippen LogP contribution in [0.25, 0.3) is 0 Å². The van der Waals surface area contributed by atoms with E-state index in [1.54, 1.807) is 0 Å². The molecule has 0 saturated heterocycles. The monoisotopic (exact) mass is 253 g/mol. The van der Waals surface area contributed by atoms with Crippen LogP contribution < -0.4 is 0 Å². The quantitative estimate of drug-likeness (QED) is 0.294. The van der Waals surface area contributed by atoms with Crippen molar-refractivity contribution in [1.82, 2.24) is 0 Å². The van der Waals surface area contributed by atoms with E-state index in [-0.39, 0.29) is 0 Å². The topological polar surface area (TPSA) is 0 Å². The van der Waals surface area contributed by atoms with Crippen molar-refractivity contribution in [3.8, 4) is 0 Å². The van der Waals surface area contributed by atoms with E-state index < -0.39 is 0 Å². The highest BCUT2D eigenvalue weighted by Gasteiger charge is 2.00. The van der Waals surface area contributed by atoms with Gasteiger partial charge < -0.3 is 0 Å². The first-order valence-corrected chi connectivity index (χ1v) is 8.64. The zero-order valence-electron chi connectivity index (χ0n) is 13.2. The molecule has 1 unspecified atom stereocenters. The van der Waals surface area contributed by atoms with Gasteiger partial charge in [0.05, 0.1) is 0 Å². The maximum atomic E-state index is 4.21. The standard InChI is InChI=1S/C18H37/c1-4-6-7-8-9-10-11-12-13-14-15-17-18(3)16-5-2/h18H,3-17H2,1-2H3. The van der Waals surface area contributed by atoms with Crippen molar-refractivity contribution < 1.29 is 0 Å². The molecule has 1 atom stereocenters. The van der Waals surface area contributed by atoms with Crippen LogP contribution in [-0.4, -0.2) is 0 Å². The predicted molar refractivity (Wildman–Crippen MR) is 84.8 cm³/mol. The predicted octanol–water partition coefficient (Wildman–Crippen LogP) is 6.94. The third-order valence-corrected chi connectivity index (χ3v) is 3.91. The van der Waals surface area contributed by atoms with Gasteiger partial charge in [0.25, 0.3) is 0 Å². The van der Waals surface area contributed by atoms with E-state index in [9.17, 15) is 0 Å². The van der Waals surface area contributed by atoms with Gasteiger partial charge in [-0.3, -0.25) is 0 Å². The van der Waals surface area contributed by atoms with Crippen LogP contribution in [0.3, 0.4) is 0 Å². The average molecular weight is 253 g/mol. The minimum Gasteiger partial charge on any atom is -0.0654 e. The molecule has 0 fully saturated rings. The Hall–Kier alpha value is 0. The van der Waals surface area contributed by atoms with Crippen LogP contribution in [0.1, 0.15) is 104 Å². The highest BCUT2D eigenvalue weighted by Crippen LogP contribution is 2.16. The van der Waals surface area contributed by atoms with Crippen molar-refractivity contribution in [2.45, 2.75) is 104 Å². The summed E-state index contributed by atoms with van der Waals surface area (Å²) in [6.07, 6.45) is 19.9. The van der Waals surface area contributed by atoms with Crippen molar-refractivity contribution in [2.24, 2.45) is 5.92 Å². The Labute approximate surface area is 117 Å². The summed E-state index contributed by atoms with van der Waals surface area (Å²) in [5, 5.41) is 0. The summed E-state index contributed by atoms with van der Waals surface area (Å²) in [5.74, 6) is 0.716. The van der Waals surface area contributed by atoms with Gasteiger partial charge in [-0.25, -0.2) is 0 Å². The van der Waals surface area contributed by atoms with Crippen LogP contribution in [0, 0.1) is 12.8 Å². The molecule has 109 valence electrons. The van der Waals surface area contributed by atoms with Crippen molar-refractivity contribution in [2.75, 3.05) is 0 Å². The zero-order valence-corrected chi connectivity index (χ0v) is 13.2. The summed E-state index contributed by atoms with van der Waals surface area (Å²) in [7, 11) is 0. The second-order valence-corrected chi connectivity index (χ2v) is 5.98. The lowest BCUT2D eigenvalue weighted by atomic mass is 9.98. The van der Waals surface area contributed by atoms with Crippen LogP contribution in [0.2, 0.25) is 0 Å². The molecule has 0 amide bonds. The molecule has 0 heteroatoms. The maximum Gasteiger partial charge on any atom is -0.0414 e. The molecular formula is C18H37. The van der Waals surface area contributed by atoms with E-state index in [2.05, 4.69) is 20.8 Å². The number of unbranched alkanes of at least 4 members (excludes halogenated alkanes) is 10. The largest absolute Gasteiger partial charge is 0.0654 e. The molecule has 0 aliphatic rings. The van der Waals surface area contributed by atoms with Gasteiger partial charge >= 0.3 is 0 Å². The number of hydrogen-bond donors (Lipinski definition) is 0. The summed E-state index contributed by atoms with van der Waals surface area (Å²) in [6, 6.07) is 0. The van der Waals surface area contributed by atoms with Gasteiger partial charge in [-0.2, -0.15) is 0 Å².